The Morgan fingerprint density at radius 2 is 1.00 bits per heavy atom. The van der Waals surface area contributed by atoms with E-state index < -0.39 is 35.6 Å². The first-order valence-corrected chi connectivity index (χ1v) is 5.97. The van der Waals surface area contributed by atoms with Gasteiger partial charge in [-0.15, -0.1) is 0 Å². The van der Waals surface area contributed by atoms with Gasteiger partial charge < -0.3 is 18.9 Å². The summed E-state index contributed by atoms with van der Waals surface area (Å²) in [5.41, 5.74) is 0. The van der Waals surface area contributed by atoms with Crippen molar-refractivity contribution in [3.8, 4) is 23.3 Å². The third-order valence-electron chi connectivity index (χ3n) is 1.88. The minimum Gasteiger partial charge on any atom is -0.421 e. The molecular weight excluding hydrogens is 298 g/mol. The molecule has 0 amide bonds. The zero-order valence-corrected chi connectivity index (χ0v) is 12.3. The van der Waals surface area contributed by atoms with E-state index in [0.717, 1.165) is 33.8 Å². The van der Waals surface area contributed by atoms with Crippen LogP contribution in [-0.2, 0) is 19.2 Å². The predicted molar refractivity (Wildman–Crippen MR) is 69.5 cm³/mol. The minimum absolute atomic E-state index is 0.269. The topological polar surface area (TPSA) is 118 Å². The van der Waals surface area contributed by atoms with Gasteiger partial charge in [-0.1, -0.05) is 0 Å². The maximum absolute atomic E-state index is 11.1. The average molecular weight is 311 g/mol. The van der Waals surface area contributed by atoms with Gasteiger partial charge in [0.25, 0.3) is 11.8 Å². The second-order valence-corrected chi connectivity index (χ2v) is 3.97. The monoisotopic (exact) mass is 311 g/mol. The van der Waals surface area contributed by atoms with Gasteiger partial charge in [0.2, 0.25) is 0 Å². The highest BCUT2D eigenvalue weighted by atomic mass is 16.6. The zero-order chi connectivity index (χ0) is 16.9. The molecule has 0 aromatic carbocycles. The Morgan fingerprint density at radius 3 is 1.27 bits per heavy atom. The summed E-state index contributed by atoms with van der Waals surface area (Å²) in [6.45, 7) is 4.43. The highest BCUT2D eigenvalue weighted by Gasteiger charge is 2.21. The third kappa shape index (κ3) is 5.19. The van der Waals surface area contributed by atoms with E-state index in [0.29, 0.717) is 0 Å². The van der Waals surface area contributed by atoms with Crippen LogP contribution in [0.25, 0.3) is 0 Å². The van der Waals surface area contributed by atoms with Gasteiger partial charge >= 0.3 is 23.9 Å². The van der Waals surface area contributed by atoms with Crippen molar-refractivity contribution in [1.29, 1.82) is 0 Å². The van der Waals surface area contributed by atoms with Gasteiger partial charge in [-0.05, 0) is 0 Å². The number of ether oxygens (including phenoxy) is 4. The van der Waals surface area contributed by atoms with Crippen molar-refractivity contribution in [2.45, 2.75) is 27.7 Å². The van der Waals surface area contributed by atoms with E-state index in [-0.39, 0.29) is 11.5 Å². The van der Waals surface area contributed by atoms with E-state index in [2.05, 4.69) is 4.98 Å². The summed E-state index contributed by atoms with van der Waals surface area (Å²) in [6, 6.07) is 1.05. The Bertz CT molecular complexity index is 531. The standard InChI is InChI=1S/C13H13NO8/c1-6(15)19-10-5-11(20-7(2)16)13(22-9(4)18)14-12(10)21-8(3)17/h5H,1-4H3. The molecule has 0 fully saturated rings. The molecule has 0 aliphatic heterocycles. The number of esters is 4. The Morgan fingerprint density at radius 1 is 0.682 bits per heavy atom. The normalized spacial score (nSPS) is 9.64. The fourth-order valence-electron chi connectivity index (χ4n) is 1.32. The molecule has 9 nitrogen and oxygen atoms in total. The summed E-state index contributed by atoms with van der Waals surface area (Å²) in [6.07, 6.45) is 0. The Hall–Kier alpha value is -2.97. The first kappa shape index (κ1) is 17.1. The van der Waals surface area contributed by atoms with Crippen LogP contribution in [0.3, 0.4) is 0 Å². The summed E-state index contributed by atoms with van der Waals surface area (Å²) >= 11 is 0. The van der Waals surface area contributed by atoms with Gasteiger partial charge in [-0.2, -0.15) is 4.98 Å². The second-order valence-electron chi connectivity index (χ2n) is 3.97. The number of aromatic nitrogens is 1. The van der Waals surface area contributed by atoms with Gasteiger partial charge in [-0.25, -0.2) is 0 Å². The van der Waals surface area contributed by atoms with Crippen molar-refractivity contribution in [3.63, 3.8) is 0 Å². The fourth-order valence-corrected chi connectivity index (χ4v) is 1.32. The average Bonchev–Trinajstić information content (AvgIpc) is 2.31. The highest BCUT2D eigenvalue weighted by Crippen LogP contribution is 2.36. The molecule has 0 bridgehead atoms. The molecule has 118 valence electrons. The molecule has 1 rings (SSSR count). The fraction of sp³-hybridized carbons (Fsp3) is 0.308. The van der Waals surface area contributed by atoms with E-state index in [1.165, 1.54) is 0 Å². The number of nitrogens with zero attached hydrogens (tertiary/aromatic N) is 1. The molecule has 0 unspecified atom stereocenters. The van der Waals surface area contributed by atoms with Crippen molar-refractivity contribution in [3.05, 3.63) is 6.07 Å². The van der Waals surface area contributed by atoms with Crippen molar-refractivity contribution >= 4 is 23.9 Å². The van der Waals surface area contributed by atoms with E-state index >= 15 is 0 Å². The van der Waals surface area contributed by atoms with Crippen molar-refractivity contribution in [2.75, 3.05) is 0 Å². The van der Waals surface area contributed by atoms with E-state index in [1.54, 1.807) is 0 Å². The largest absolute Gasteiger partial charge is 0.421 e. The number of carbonyl (C=O) groups is 4. The lowest BCUT2D eigenvalue weighted by atomic mass is 10.4. The van der Waals surface area contributed by atoms with E-state index in [1.807, 2.05) is 0 Å². The molecule has 1 aromatic heterocycles. The van der Waals surface area contributed by atoms with E-state index in [9.17, 15) is 19.2 Å². The van der Waals surface area contributed by atoms with Crippen LogP contribution in [0.15, 0.2) is 6.07 Å². The van der Waals surface area contributed by atoms with E-state index in [4.69, 9.17) is 18.9 Å². The summed E-state index contributed by atoms with van der Waals surface area (Å²) < 4.78 is 19.2. The molecule has 1 heterocycles. The molecule has 0 atom stereocenters. The van der Waals surface area contributed by atoms with Crippen LogP contribution in [0.1, 0.15) is 27.7 Å². The van der Waals surface area contributed by atoms with Crippen LogP contribution >= 0.6 is 0 Å². The Kier molecular flexibility index (Phi) is 5.56. The maximum atomic E-state index is 11.1. The number of hydrogen-bond acceptors (Lipinski definition) is 9. The van der Waals surface area contributed by atoms with Gasteiger partial charge in [0.05, 0.1) is 0 Å². The smallest absolute Gasteiger partial charge is 0.309 e. The lowest BCUT2D eigenvalue weighted by Crippen LogP contribution is -2.13. The van der Waals surface area contributed by atoms with Gasteiger partial charge in [0.15, 0.2) is 11.5 Å². The molecular formula is C13H13NO8. The SMILES string of the molecule is CC(=O)Oc1cc(OC(C)=O)c(OC(C)=O)nc1OC(C)=O. The number of pyridine rings is 1. The summed E-state index contributed by atoms with van der Waals surface area (Å²) in [7, 11) is 0. The van der Waals surface area contributed by atoms with Crippen molar-refractivity contribution in [2.24, 2.45) is 0 Å². The van der Waals surface area contributed by atoms with Crippen molar-refractivity contribution in [1.82, 2.24) is 4.98 Å². The first-order chi connectivity index (χ1) is 10.2. The third-order valence-corrected chi connectivity index (χ3v) is 1.88. The molecule has 0 N–H and O–H groups in total. The van der Waals surface area contributed by atoms with Gasteiger partial charge in [0, 0.05) is 33.8 Å². The summed E-state index contributed by atoms with van der Waals surface area (Å²) in [5, 5.41) is 0. The lowest BCUT2D eigenvalue weighted by molar-refractivity contribution is -0.135. The van der Waals surface area contributed by atoms with Crippen LogP contribution in [0.5, 0.6) is 23.3 Å². The lowest BCUT2D eigenvalue weighted by Gasteiger charge is -2.12. The van der Waals surface area contributed by atoms with Crippen molar-refractivity contribution < 1.29 is 38.1 Å². The molecule has 0 saturated carbocycles. The molecule has 0 saturated heterocycles. The molecule has 0 aliphatic carbocycles. The molecule has 1 aromatic rings. The van der Waals surface area contributed by atoms with Crippen LogP contribution in [-0.4, -0.2) is 28.9 Å². The molecule has 22 heavy (non-hydrogen) atoms. The number of carbonyl (C=O) groups excluding carboxylic acids is 4. The van der Waals surface area contributed by atoms with Crippen LogP contribution in [0.2, 0.25) is 0 Å². The Balaban J connectivity index is 3.39. The maximum Gasteiger partial charge on any atom is 0.309 e. The van der Waals surface area contributed by atoms with Gasteiger partial charge in [-0.3, -0.25) is 19.2 Å². The summed E-state index contributed by atoms with van der Waals surface area (Å²) in [4.78, 5) is 47.9. The Labute approximate surface area is 125 Å². The minimum atomic E-state index is -0.741. The number of rotatable bonds is 4. The quantitative estimate of drug-likeness (QED) is 0.743. The molecule has 0 radical (unpaired) electrons. The van der Waals surface area contributed by atoms with Gasteiger partial charge in [0.1, 0.15) is 0 Å². The molecule has 9 heteroatoms. The molecule has 0 spiro atoms. The highest BCUT2D eigenvalue weighted by molar-refractivity contribution is 5.76. The summed E-state index contributed by atoms with van der Waals surface area (Å²) in [5.74, 6) is -4.27. The van der Waals surface area contributed by atoms with Crippen LogP contribution in [0.4, 0.5) is 0 Å². The molecule has 0 aliphatic rings. The van der Waals surface area contributed by atoms with Crippen LogP contribution in [0, 0.1) is 0 Å². The van der Waals surface area contributed by atoms with Crippen LogP contribution < -0.4 is 18.9 Å². The zero-order valence-electron chi connectivity index (χ0n) is 12.3. The second kappa shape index (κ2) is 7.16. The number of hydrogen-bond donors (Lipinski definition) is 0. The first-order valence-electron chi connectivity index (χ1n) is 5.97. The predicted octanol–water partition coefficient (Wildman–Crippen LogP) is 0.783.